The summed E-state index contributed by atoms with van der Waals surface area (Å²) in [6.45, 7) is 25.3. The largest absolute Gasteiger partial charge is 0.497 e. The van der Waals surface area contributed by atoms with Gasteiger partial charge in [-0.1, -0.05) is 79.4 Å². The lowest BCUT2D eigenvalue weighted by molar-refractivity contribution is -0.128. The first-order valence-electron chi connectivity index (χ1n) is 41.0. The number of methoxy groups -OCH3 is 1. The molecule has 4 aromatic heterocycles. The molecule has 0 unspecified atom stereocenters. The minimum absolute atomic E-state index is 0.0283. The van der Waals surface area contributed by atoms with Crippen LogP contribution in [0.4, 0.5) is 4.79 Å². The topological polar surface area (TPSA) is 198 Å². The van der Waals surface area contributed by atoms with E-state index in [4.69, 9.17) is 4.74 Å². The van der Waals surface area contributed by atoms with Crippen molar-refractivity contribution >= 4 is 17.7 Å². The number of Topliss-reactive ketones (excluding diaryl/α,β-unsaturated/α-hetero) is 1. The van der Waals surface area contributed by atoms with E-state index in [0.717, 1.165) is 153 Å². The second kappa shape index (κ2) is 37.6. The Bertz CT molecular complexity index is 3350. The number of unbranched alkanes of at least 4 members (excludes halogenated alkanes) is 4. The lowest BCUT2D eigenvalue weighted by Gasteiger charge is -2.41. The fourth-order valence-corrected chi connectivity index (χ4v) is 18.9. The van der Waals surface area contributed by atoms with Crippen LogP contribution in [0.2, 0.25) is 0 Å². The SMILES string of the molecule is CCCCN(C)Cc1cn[nH]c1C1CCC2(CC1)CC(=O)N(Cc1ccc(OC)cc1)C2.CCCCN(C)Cc1cn[nH]c1C1CCC2(CC1)CC2.CCCCN(C)Cc1cn[nH]c1C1CCC2(CC1)CN(CC(C)C)C(=O)N2C.CCCCN(C)Cc1cn[nH]c1C1CCC2(CCC(=O)C2)CC1. The summed E-state index contributed by atoms with van der Waals surface area (Å²) in [5.41, 5.74) is 13.4. The summed E-state index contributed by atoms with van der Waals surface area (Å²) < 4.78 is 5.25. The Hall–Kier alpha value is -5.89. The lowest BCUT2D eigenvalue weighted by atomic mass is 9.68. The van der Waals surface area contributed by atoms with E-state index in [1.54, 1.807) is 7.11 Å². The first kappa shape index (κ1) is 79.7. The molecule has 19 nitrogen and oxygen atoms in total. The zero-order valence-corrected chi connectivity index (χ0v) is 66.3. The smallest absolute Gasteiger partial charge is 0.320 e. The van der Waals surface area contributed by atoms with E-state index in [9.17, 15) is 14.4 Å². The van der Waals surface area contributed by atoms with Gasteiger partial charge < -0.3 is 39.0 Å². The van der Waals surface area contributed by atoms with Gasteiger partial charge in [-0.05, 0) is 242 Å². The van der Waals surface area contributed by atoms with Crippen LogP contribution >= 0.6 is 0 Å². The Labute approximate surface area is 620 Å². The van der Waals surface area contributed by atoms with Gasteiger partial charge in [-0.3, -0.25) is 30.0 Å². The van der Waals surface area contributed by atoms with Crippen LogP contribution in [0.3, 0.4) is 0 Å². The van der Waals surface area contributed by atoms with Gasteiger partial charge in [0.1, 0.15) is 11.5 Å². The highest BCUT2D eigenvalue weighted by Crippen LogP contribution is 2.59. The number of hydrogen-bond donors (Lipinski definition) is 4. The van der Waals surface area contributed by atoms with Crippen molar-refractivity contribution in [1.29, 1.82) is 0 Å². The summed E-state index contributed by atoms with van der Waals surface area (Å²) in [5, 5.41) is 30.6. The molecule has 8 fully saturated rings. The van der Waals surface area contributed by atoms with Crippen LogP contribution in [0.25, 0.3) is 0 Å². The highest BCUT2D eigenvalue weighted by atomic mass is 16.5. The van der Waals surface area contributed by atoms with Gasteiger partial charge in [0.15, 0.2) is 0 Å². The van der Waals surface area contributed by atoms with Gasteiger partial charge in [0, 0.05) is 147 Å². The third-order valence-corrected chi connectivity index (χ3v) is 25.8. The standard InChI is InChI=1S/C26H38N4O2.C22H39N5O.C19H31N3O.C17H29N3/c1-4-5-14-29(2)18-22-16-27-28-25(22)21-10-12-26(13-11-21)15-24(31)30(19-26)17-20-6-8-23(32-3)9-7-20;1-6-7-12-25(4)15-19-13-23-24-20(19)18-8-10-22(11-9-18)16-27(14-17(2)3)21(28)26(22)5;1-3-4-11-22(2)14-16-13-20-21-18(16)15-5-8-19(9-6-15)10-7-17(23)12-19;1-3-4-11-20(2)13-15-12-18-19-16(15)14-5-7-17(8-6-14)9-10-17/h6-9,16,21H,4-5,10-15,17-19H2,1-3H3,(H,27,28);13,17-18H,6-12,14-16H2,1-5H3,(H,23,24);13,15H,3-12,14H2,1-2H3,(H,20,21);12,14H,3-11,13H2,1-2H3,(H,18,19). The molecule has 19 heteroatoms. The summed E-state index contributed by atoms with van der Waals surface area (Å²) in [5.74, 6) is 4.56. The van der Waals surface area contributed by atoms with Crippen molar-refractivity contribution in [2.75, 3.05) is 88.2 Å². The fourth-order valence-electron chi connectivity index (χ4n) is 18.9. The number of aromatic nitrogens is 8. The number of likely N-dealkylation sites (N-methyl/N-ethyl adjacent to an activating group) is 1. The molecule has 3 amide bonds. The quantitative estimate of drug-likeness (QED) is 0.0354. The summed E-state index contributed by atoms with van der Waals surface area (Å²) in [4.78, 5) is 53.0. The van der Waals surface area contributed by atoms with Gasteiger partial charge in [-0.25, -0.2) is 4.79 Å². The van der Waals surface area contributed by atoms with Crippen LogP contribution in [0.5, 0.6) is 5.75 Å². The van der Waals surface area contributed by atoms with Crippen molar-refractivity contribution in [2.45, 2.75) is 296 Å². The lowest BCUT2D eigenvalue weighted by Crippen LogP contribution is -2.47. The van der Waals surface area contributed by atoms with Crippen molar-refractivity contribution < 1.29 is 19.1 Å². The molecule has 0 atom stereocenters. The summed E-state index contributed by atoms with van der Waals surface area (Å²) in [6.07, 6.45) is 44.0. The maximum absolute atomic E-state index is 12.8. The average molecular weight is 1420 g/mol. The second-order valence-electron chi connectivity index (χ2n) is 34.5. The Morgan fingerprint density at radius 3 is 1.21 bits per heavy atom. The van der Waals surface area contributed by atoms with Gasteiger partial charge in [0.2, 0.25) is 5.91 Å². The number of nitrogens with zero attached hydrogens (tertiary/aromatic N) is 11. The van der Waals surface area contributed by atoms with Crippen molar-refractivity contribution in [2.24, 2.45) is 22.2 Å². The van der Waals surface area contributed by atoms with Gasteiger partial charge in [-0.15, -0.1) is 0 Å². The predicted molar refractivity (Wildman–Crippen MR) is 415 cm³/mol. The first-order chi connectivity index (χ1) is 49.7. The molecule has 2 saturated heterocycles. The Morgan fingerprint density at radius 1 is 0.485 bits per heavy atom. The highest BCUT2D eigenvalue weighted by Gasteiger charge is 2.51. The zero-order valence-electron chi connectivity index (χ0n) is 66.3. The number of carbonyl (C=O) groups is 3. The van der Waals surface area contributed by atoms with Crippen LogP contribution in [0.1, 0.15) is 308 Å². The highest BCUT2D eigenvalue weighted by molar-refractivity contribution is 5.81. The minimum Gasteiger partial charge on any atom is -0.497 e. The molecular weight excluding hydrogens is 1280 g/mol. The van der Waals surface area contributed by atoms with E-state index in [0.29, 0.717) is 53.7 Å². The third kappa shape index (κ3) is 21.5. The van der Waals surface area contributed by atoms with Gasteiger partial charge in [-0.2, -0.15) is 20.4 Å². The number of ketones is 1. The van der Waals surface area contributed by atoms with Crippen molar-refractivity contribution in [3.05, 3.63) is 99.6 Å². The van der Waals surface area contributed by atoms with E-state index in [-0.39, 0.29) is 17.0 Å². The first-order valence-corrected chi connectivity index (χ1v) is 41.0. The molecular formula is C84H137N15O4. The number of urea groups is 1. The Balaban J connectivity index is 0.000000150. The van der Waals surface area contributed by atoms with E-state index in [2.05, 4.69) is 158 Å². The molecule has 6 aliphatic carbocycles. The van der Waals surface area contributed by atoms with Crippen molar-refractivity contribution in [3.8, 4) is 5.75 Å². The number of carbonyl (C=O) groups excluding carboxylic acids is 3. The summed E-state index contributed by atoms with van der Waals surface area (Å²) in [7, 11) is 12.5. The molecule has 1 aromatic carbocycles. The Morgan fingerprint density at radius 2 is 0.864 bits per heavy atom. The predicted octanol–water partition coefficient (Wildman–Crippen LogP) is 16.9. The Kier molecular flexibility index (Phi) is 29.1. The maximum atomic E-state index is 12.8. The third-order valence-electron chi connectivity index (χ3n) is 25.8. The summed E-state index contributed by atoms with van der Waals surface area (Å²) >= 11 is 0. The molecule has 8 aliphatic rings. The molecule has 6 heterocycles. The van der Waals surface area contributed by atoms with Gasteiger partial charge in [0.25, 0.3) is 0 Å². The maximum Gasteiger partial charge on any atom is 0.320 e. The molecule has 0 bridgehead atoms. The number of benzene rings is 1. The number of aromatic amines is 4. The van der Waals surface area contributed by atoms with Crippen LogP contribution < -0.4 is 4.74 Å². The molecule has 103 heavy (non-hydrogen) atoms. The summed E-state index contributed by atoms with van der Waals surface area (Å²) in [6, 6.07) is 8.28. The number of ether oxygens (including phenoxy) is 1. The normalized spacial score (nSPS) is 22.0. The van der Waals surface area contributed by atoms with Gasteiger partial charge >= 0.3 is 6.03 Å². The monoisotopic (exact) mass is 1420 g/mol. The fraction of sp³-hybridized carbons (Fsp3) is 0.750. The van der Waals surface area contributed by atoms with Crippen molar-refractivity contribution in [1.82, 2.24) is 75.1 Å². The van der Waals surface area contributed by atoms with Gasteiger partial charge in [0.05, 0.1) is 37.4 Å². The number of amides is 3. The van der Waals surface area contributed by atoms with E-state index in [1.807, 2.05) is 42.7 Å². The molecule has 4 spiro atoms. The number of hydrogen-bond acceptors (Lipinski definition) is 12. The molecule has 6 saturated carbocycles. The number of H-pyrrole nitrogens is 4. The van der Waals surface area contributed by atoms with E-state index in [1.165, 1.54) is 173 Å². The van der Waals surface area contributed by atoms with Crippen LogP contribution in [-0.4, -0.2) is 187 Å². The number of rotatable bonds is 29. The van der Waals surface area contributed by atoms with E-state index < -0.39 is 0 Å². The van der Waals surface area contributed by atoms with Crippen molar-refractivity contribution in [3.63, 3.8) is 0 Å². The minimum atomic E-state index is 0.0283. The van der Waals surface area contributed by atoms with Crippen LogP contribution in [0.15, 0.2) is 49.1 Å². The van der Waals surface area contributed by atoms with E-state index >= 15 is 0 Å². The zero-order chi connectivity index (χ0) is 73.2. The van der Waals surface area contributed by atoms with Crippen LogP contribution in [0, 0.1) is 22.2 Å². The molecule has 2 aliphatic heterocycles. The molecule has 0 radical (unpaired) electrons. The number of likely N-dealkylation sites (tertiary alicyclic amines) is 1. The molecule has 5 aromatic rings. The molecule has 4 N–H and O–H groups in total. The average Bonchev–Trinajstić information content (AvgIpc) is 1.62. The van der Waals surface area contributed by atoms with Crippen LogP contribution in [-0.2, 0) is 42.3 Å². The molecule has 13 rings (SSSR count). The molecule has 572 valence electrons. The number of nitrogens with one attached hydrogen (secondary N) is 4. The second-order valence-corrected chi connectivity index (χ2v) is 34.5.